The second-order valence-corrected chi connectivity index (χ2v) is 7.94. The van der Waals surface area contributed by atoms with Crippen LogP contribution in [0.3, 0.4) is 0 Å². The van der Waals surface area contributed by atoms with Gasteiger partial charge in [-0.25, -0.2) is 0 Å². The van der Waals surface area contributed by atoms with Gasteiger partial charge in [-0.2, -0.15) is 0 Å². The Morgan fingerprint density at radius 1 is 1.07 bits per heavy atom. The smallest absolute Gasteiger partial charge is 0.243 e. The van der Waals surface area contributed by atoms with Gasteiger partial charge in [0.2, 0.25) is 11.8 Å². The van der Waals surface area contributed by atoms with Gasteiger partial charge in [-0.15, -0.1) is 0 Å². The number of rotatable bonds is 6. The van der Waals surface area contributed by atoms with Crippen molar-refractivity contribution in [3.63, 3.8) is 0 Å². The number of carbonyl (C=O) groups is 2. The zero-order valence-electron chi connectivity index (χ0n) is 16.5. The van der Waals surface area contributed by atoms with Gasteiger partial charge in [-0.05, 0) is 50.1 Å². The molecule has 1 aromatic rings. The highest BCUT2D eigenvalue weighted by atomic mass is 16.2. The van der Waals surface area contributed by atoms with Gasteiger partial charge in [-0.3, -0.25) is 9.59 Å². The van der Waals surface area contributed by atoms with E-state index >= 15 is 0 Å². The van der Waals surface area contributed by atoms with Crippen molar-refractivity contribution in [2.45, 2.75) is 32.6 Å². The summed E-state index contributed by atoms with van der Waals surface area (Å²) in [6.45, 7) is 6.17. The van der Waals surface area contributed by atoms with Gasteiger partial charge in [0.25, 0.3) is 0 Å². The van der Waals surface area contributed by atoms with Crippen molar-refractivity contribution in [2.75, 3.05) is 50.0 Å². The molecule has 0 bridgehead atoms. The van der Waals surface area contributed by atoms with Crippen LogP contribution >= 0.6 is 0 Å². The molecule has 1 atom stereocenters. The lowest BCUT2D eigenvalue weighted by Gasteiger charge is -2.34. The van der Waals surface area contributed by atoms with E-state index in [-0.39, 0.29) is 24.3 Å². The molecule has 3 rings (SSSR count). The summed E-state index contributed by atoms with van der Waals surface area (Å²) in [5.74, 6) is 0.259. The molecule has 1 saturated heterocycles. The molecule has 1 aliphatic carbocycles. The summed E-state index contributed by atoms with van der Waals surface area (Å²) in [5.41, 5.74) is 1.94. The molecule has 0 aromatic heterocycles. The van der Waals surface area contributed by atoms with Crippen molar-refractivity contribution in [3.8, 4) is 0 Å². The largest absolute Gasteiger partial charge is 0.369 e. The number of benzene rings is 1. The second-order valence-electron chi connectivity index (χ2n) is 7.94. The molecule has 1 saturated carbocycles. The van der Waals surface area contributed by atoms with Crippen LogP contribution in [-0.4, -0.2) is 56.5 Å². The van der Waals surface area contributed by atoms with Crippen LogP contribution in [0.1, 0.15) is 32.6 Å². The third kappa shape index (κ3) is 5.45. The lowest BCUT2D eigenvalue weighted by molar-refractivity contribution is -0.128. The highest BCUT2D eigenvalue weighted by Crippen LogP contribution is 2.31. The fourth-order valence-corrected chi connectivity index (χ4v) is 4.03. The monoisotopic (exact) mass is 372 g/mol. The minimum Gasteiger partial charge on any atom is -0.369 e. The minimum atomic E-state index is -0.186. The van der Waals surface area contributed by atoms with E-state index in [2.05, 4.69) is 27.5 Å². The van der Waals surface area contributed by atoms with E-state index in [1.165, 1.54) is 18.5 Å². The summed E-state index contributed by atoms with van der Waals surface area (Å²) in [6.07, 6.45) is 4.68. The first-order valence-electron chi connectivity index (χ1n) is 10.1. The topological polar surface area (TPSA) is 64.7 Å². The normalized spacial score (nSPS) is 19.7. The predicted molar refractivity (Wildman–Crippen MR) is 109 cm³/mol. The average molecular weight is 373 g/mol. The van der Waals surface area contributed by atoms with Gasteiger partial charge in [0.1, 0.15) is 0 Å². The van der Waals surface area contributed by atoms with Crippen LogP contribution in [0, 0.1) is 11.8 Å². The Morgan fingerprint density at radius 2 is 1.70 bits per heavy atom. The number of likely N-dealkylation sites (N-methyl/N-ethyl adjacent to an activating group) is 1. The first kappa shape index (κ1) is 19.7. The SMILES string of the molecule is CC(C(=O)NCC(=O)Nc1ccc(N2CCN(C)CC2)cc1)C1CCCC1. The highest BCUT2D eigenvalue weighted by molar-refractivity contribution is 5.94. The van der Waals surface area contributed by atoms with Crippen molar-refractivity contribution in [3.05, 3.63) is 24.3 Å². The van der Waals surface area contributed by atoms with E-state index in [1.807, 2.05) is 31.2 Å². The Hall–Kier alpha value is -2.08. The molecule has 2 amide bonds. The lowest BCUT2D eigenvalue weighted by Crippen LogP contribution is -2.44. The molecule has 6 nitrogen and oxygen atoms in total. The molecular weight excluding hydrogens is 340 g/mol. The Bertz CT molecular complexity index is 632. The van der Waals surface area contributed by atoms with E-state index in [4.69, 9.17) is 0 Å². The Labute approximate surface area is 162 Å². The van der Waals surface area contributed by atoms with Crippen molar-refractivity contribution in [1.82, 2.24) is 10.2 Å². The summed E-state index contributed by atoms with van der Waals surface area (Å²) in [4.78, 5) is 29.1. The third-order valence-electron chi connectivity index (χ3n) is 5.96. The maximum atomic E-state index is 12.2. The molecule has 27 heavy (non-hydrogen) atoms. The Balaban J connectivity index is 1.43. The number of amides is 2. The quantitative estimate of drug-likeness (QED) is 0.804. The standard InChI is InChI=1S/C21H32N4O2/c1-16(17-5-3-4-6-17)21(27)22-15-20(26)23-18-7-9-19(10-8-18)25-13-11-24(2)12-14-25/h7-10,16-17H,3-6,11-15H2,1-2H3,(H,22,27)(H,23,26). The zero-order chi connectivity index (χ0) is 19.2. The molecule has 148 valence electrons. The molecule has 1 aromatic carbocycles. The van der Waals surface area contributed by atoms with E-state index in [0.717, 1.165) is 44.7 Å². The number of nitrogens with zero attached hydrogens (tertiary/aromatic N) is 2. The van der Waals surface area contributed by atoms with E-state index < -0.39 is 0 Å². The van der Waals surface area contributed by atoms with Gasteiger partial charge in [0.15, 0.2) is 0 Å². The van der Waals surface area contributed by atoms with Crippen LogP contribution in [-0.2, 0) is 9.59 Å². The Kier molecular flexibility index (Phi) is 6.72. The van der Waals surface area contributed by atoms with E-state index in [0.29, 0.717) is 5.92 Å². The number of carbonyl (C=O) groups excluding carboxylic acids is 2. The summed E-state index contributed by atoms with van der Waals surface area (Å²) in [5, 5.41) is 5.65. The van der Waals surface area contributed by atoms with Crippen LogP contribution in [0.15, 0.2) is 24.3 Å². The van der Waals surface area contributed by atoms with Crippen molar-refractivity contribution in [1.29, 1.82) is 0 Å². The number of piperazine rings is 1. The van der Waals surface area contributed by atoms with Gasteiger partial charge >= 0.3 is 0 Å². The molecule has 0 radical (unpaired) electrons. The molecular formula is C21H32N4O2. The van der Waals surface area contributed by atoms with Crippen molar-refractivity contribution in [2.24, 2.45) is 11.8 Å². The molecule has 6 heteroatoms. The summed E-state index contributed by atoms with van der Waals surface area (Å²) >= 11 is 0. The number of nitrogens with one attached hydrogen (secondary N) is 2. The number of anilines is 2. The van der Waals surface area contributed by atoms with Gasteiger partial charge < -0.3 is 20.4 Å². The molecule has 1 aliphatic heterocycles. The third-order valence-corrected chi connectivity index (χ3v) is 5.96. The van der Waals surface area contributed by atoms with Crippen LogP contribution in [0.25, 0.3) is 0 Å². The minimum absolute atomic E-state index is 0.0110. The zero-order valence-corrected chi connectivity index (χ0v) is 16.5. The highest BCUT2D eigenvalue weighted by Gasteiger charge is 2.26. The van der Waals surface area contributed by atoms with Crippen LogP contribution in [0.5, 0.6) is 0 Å². The van der Waals surface area contributed by atoms with Crippen LogP contribution < -0.4 is 15.5 Å². The van der Waals surface area contributed by atoms with Gasteiger partial charge in [0.05, 0.1) is 6.54 Å². The van der Waals surface area contributed by atoms with Crippen molar-refractivity contribution < 1.29 is 9.59 Å². The second kappa shape index (κ2) is 9.22. The van der Waals surface area contributed by atoms with Crippen molar-refractivity contribution >= 4 is 23.2 Å². The summed E-state index contributed by atoms with van der Waals surface area (Å²) in [7, 11) is 2.14. The molecule has 1 heterocycles. The van der Waals surface area contributed by atoms with Gasteiger partial charge in [-0.1, -0.05) is 19.8 Å². The maximum absolute atomic E-state index is 12.2. The lowest BCUT2D eigenvalue weighted by atomic mass is 9.92. The molecule has 0 spiro atoms. The van der Waals surface area contributed by atoms with Gasteiger partial charge in [0, 0.05) is 43.5 Å². The molecule has 1 unspecified atom stereocenters. The summed E-state index contributed by atoms with van der Waals surface area (Å²) < 4.78 is 0. The van der Waals surface area contributed by atoms with E-state index in [9.17, 15) is 9.59 Å². The number of hydrogen-bond acceptors (Lipinski definition) is 4. The number of hydrogen-bond donors (Lipinski definition) is 2. The Morgan fingerprint density at radius 3 is 2.33 bits per heavy atom. The maximum Gasteiger partial charge on any atom is 0.243 e. The molecule has 2 aliphatic rings. The van der Waals surface area contributed by atoms with Crippen LogP contribution in [0.4, 0.5) is 11.4 Å². The predicted octanol–water partition coefficient (Wildman–Crippen LogP) is 2.32. The fourth-order valence-electron chi connectivity index (χ4n) is 4.03. The first-order valence-corrected chi connectivity index (χ1v) is 10.1. The molecule has 2 N–H and O–H groups in total. The van der Waals surface area contributed by atoms with Crippen LogP contribution in [0.2, 0.25) is 0 Å². The summed E-state index contributed by atoms with van der Waals surface area (Å²) in [6, 6.07) is 7.94. The fraction of sp³-hybridized carbons (Fsp3) is 0.619. The average Bonchev–Trinajstić information content (AvgIpc) is 3.21. The molecule has 2 fully saturated rings. The first-order chi connectivity index (χ1) is 13.0. The van der Waals surface area contributed by atoms with E-state index in [1.54, 1.807) is 0 Å².